The summed E-state index contributed by atoms with van der Waals surface area (Å²) in [4.78, 5) is 39.5. The second-order valence-corrected chi connectivity index (χ2v) is 9.05. The molecule has 2 N–H and O–H groups in total. The number of carbonyl (C=O) groups is 3. The molecule has 0 radical (unpaired) electrons. The smallest absolute Gasteiger partial charge is 0.257 e. The minimum atomic E-state index is -0.864. The van der Waals surface area contributed by atoms with Crippen molar-refractivity contribution in [3.8, 4) is 5.75 Å². The van der Waals surface area contributed by atoms with E-state index in [1.165, 1.54) is 6.07 Å². The summed E-state index contributed by atoms with van der Waals surface area (Å²) in [6.45, 7) is 2.80. The van der Waals surface area contributed by atoms with Crippen LogP contribution in [-0.2, 0) is 9.53 Å². The van der Waals surface area contributed by atoms with Crippen molar-refractivity contribution >= 4 is 23.4 Å². The fourth-order valence-electron chi connectivity index (χ4n) is 4.54. The molecule has 2 aromatic rings. The molecule has 1 fully saturated rings. The van der Waals surface area contributed by atoms with E-state index >= 15 is 0 Å². The Bertz CT molecular complexity index is 1140. The zero-order chi connectivity index (χ0) is 25.8. The first-order valence-corrected chi connectivity index (χ1v) is 12.0. The van der Waals surface area contributed by atoms with Crippen molar-refractivity contribution in [2.45, 2.75) is 50.9 Å². The molecular formula is C26H29F2N3O5. The van der Waals surface area contributed by atoms with Crippen molar-refractivity contribution in [1.29, 1.82) is 0 Å². The summed E-state index contributed by atoms with van der Waals surface area (Å²) in [5.41, 5.74) is 0.350. The predicted molar refractivity (Wildman–Crippen MR) is 128 cm³/mol. The Labute approximate surface area is 207 Å². The van der Waals surface area contributed by atoms with Crippen LogP contribution in [0, 0.1) is 11.6 Å². The number of amides is 3. The summed E-state index contributed by atoms with van der Waals surface area (Å²) >= 11 is 0. The maximum atomic E-state index is 13.5. The molecule has 2 aliphatic heterocycles. The van der Waals surface area contributed by atoms with E-state index in [0.717, 1.165) is 18.6 Å². The molecule has 2 aromatic carbocycles. The van der Waals surface area contributed by atoms with Crippen molar-refractivity contribution in [2.24, 2.45) is 0 Å². The van der Waals surface area contributed by atoms with Crippen LogP contribution in [0.1, 0.15) is 53.3 Å². The molecule has 0 spiro atoms. The van der Waals surface area contributed by atoms with Crippen LogP contribution in [0.5, 0.6) is 5.75 Å². The fraction of sp³-hybridized carbons (Fsp3) is 0.423. The van der Waals surface area contributed by atoms with E-state index in [2.05, 4.69) is 10.6 Å². The third-order valence-electron chi connectivity index (χ3n) is 6.38. The molecule has 0 unspecified atom stereocenters. The molecule has 36 heavy (non-hydrogen) atoms. The average molecular weight is 502 g/mol. The van der Waals surface area contributed by atoms with Crippen molar-refractivity contribution < 1.29 is 32.6 Å². The second-order valence-electron chi connectivity index (χ2n) is 9.05. The van der Waals surface area contributed by atoms with Gasteiger partial charge in [0.15, 0.2) is 0 Å². The molecule has 2 aliphatic rings. The Balaban J connectivity index is 1.47. The summed E-state index contributed by atoms with van der Waals surface area (Å²) in [5.74, 6) is -2.48. The van der Waals surface area contributed by atoms with Gasteiger partial charge in [-0.2, -0.15) is 0 Å². The van der Waals surface area contributed by atoms with Crippen LogP contribution in [0.15, 0.2) is 36.4 Å². The number of halogens is 2. The maximum Gasteiger partial charge on any atom is 0.257 e. The molecule has 0 aliphatic carbocycles. The lowest BCUT2D eigenvalue weighted by Crippen LogP contribution is -2.54. The van der Waals surface area contributed by atoms with Gasteiger partial charge in [-0.1, -0.05) is 6.92 Å². The quantitative estimate of drug-likeness (QED) is 0.632. The Hall–Kier alpha value is -3.53. The lowest BCUT2D eigenvalue weighted by molar-refractivity contribution is -0.134. The minimum Gasteiger partial charge on any atom is -0.490 e. The van der Waals surface area contributed by atoms with Crippen molar-refractivity contribution in [1.82, 2.24) is 10.2 Å². The van der Waals surface area contributed by atoms with Gasteiger partial charge in [0, 0.05) is 30.9 Å². The maximum absolute atomic E-state index is 13.5. The third kappa shape index (κ3) is 5.81. The first-order chi connectivity index (χ1) is 17.2. The number of nitrogens with one attached hydrogen (secondary N) is 2. The van der Waals surface area contributed by atoms with Gasteiger partial charge in [-0.05, 0) is 49.6 Å². The lowest BCUT2D eigenvalue weighted by Gasteiger charge is -2.42. The van der Waals surface area contributed by atoms with E-state index in [1.807, 2.05) is 6.92 Å². The molecule has 192 valence electrons. The Morgan fingerprint density at radius 3 is 2.58 bits per heavy atom. The summed E-state index contributed by atoms with van der Waals surface area (Å²) in [7, 11) is 1.69. The van der Waals surface area contributed by atoms with Crippen molar-refractivity contribution in [2.75, 3.05) is 25.5 Å². The molecular weight excluding hydrogens is 472 g/mol. The average Bonchev–Trinajstić information content (AvgIpc) is 2.84. The monoisotopic (exact) mass is 501 g/mol. The van der Waals surface area contributed by atoms with E-state index < -0.39 is 23.6 Å². The number of ether oxygens (including phenoxy) is 2. The van der Waals surface area contributed by atoms with Crippen molar-refractivity contribution in [3.63, 3.8) is 0 Å². The van der Waals surface area contributed by atoms with Gasteiger partial charge in [0.05, 0.1) is 24.1 Å². The van der Waals surface area contributed by atoms with E-state index in [-0.39, 0.29) is 53.8 Å². The minimum absolute atomic E-state index is 0.0580. The largest absolute Gasteiger partial charge is 0.490 e. The Morgan fingerprint density at radius 1 is 1.11 bits per heavy atom. The Kier molecular flexibility index (Phi) is 7.83. The summed E-state index contributed by atoms with van der Waals surface area (Å²) < 4.78 is 39.1. The first-order valence-electron chi connectivity index (χ1n) is 12.0. The number of benzene rings is 2. The molecule has 3 amide bonds. The van der Waals surface area contributed by atoms with Crippen LogP contribution in [-0.4, -0.2) is 61.1 Å². The summed E-state index contributed by atoms with van der Waals surface area (Å²) in [5, 5.41) is 5.42. The molecule has 0 saturated carbocycles. The van der Waals surface area contributed by atoms with Gasteiger partial charge in [-0.25, -0.2) is 8.78 Å². The topological polar surface area (TPSA) is 97.0 Å². The van der Waals surface area contributed by atoms with E-state index in [9.17, 15) is 23.2 Å². The number of hydrogen-bond donors (Lipinski definition) is 2. The van der Waals surface area contributed by atoms with Gasteiger partial charge in [0.2, 0.25) is 5.91 Å². The van der Waals surface area contributed by atoms with Gasteiger partial charge < -0.3 is 25.0 Å². The number of hydrogen-bond acceptors (Lipinski definition) is 5. The molecule has 1 saturated heterocycles. The zero-order valence-electron chi connectivity index (χ0n) is 20.2. The van der Waals surface area contributed by atoms with E-state index in [0.29, 0.717) is 31.2 Å². The highest BCUT2D eigenvalue weighted by atomic mass is 19.1. The molecule has 10 heteroatoms. The highest BCUT2D eigenvalue weighted by Gasteiger charge is 2.39. The first kappa shape index (κ1) is 25.6. The number of anilines is 1. The molecule has 0 bridgehead atoms. The van der Waals surface area contributed by atoms with Gasteiger partial charge in [-0.15, -0.1) is 0 Å². The van der Waals surface area contributed by atoms with Crippen LogP contribution in [0.25, 0.3) is 0 Å². The normalized spacial score (nSPS) is 21.4. The number of carbonyl (C=O) groups excluding carboxylic acids is 3. The fourth-order valence-corrected chi connectivity index (χ4v) is 4.54. The summed E-state index contributed by atoms with van der Waals surface area (Å²) in [6.07, 6.45) is 1.75. The lowest BCUT2D eigenvalue weighted by atomic mass is 9.94. The van der Waals surface area contributed by atoms with Gasteiger partial charge in [-0.3, -0.25) is 14.4 Å². The predicted octanol–water partition coefficient (Wildman–Crippen LogP) is 3.51. The standard InChI is InChI=1S/C26H29F2N3O5/c1-3-8-29-24(32)13-19-5-6-21-23(36-19)14-35-22-7-4-18(12-20(22)26(34)31(21)2)30-25(33)15-9-16(27)11-17(28)10-15/h4,7,9-12,19,21,23H,3,5-6,8,13-14H2,1-2H3,(H,29,32)(H,30,33)/t19-,21-,23+/m1/s1. The van der Waals surface area contributed by atoms with E-state index in [1.54, 1.807) is 24.1 Å². The number of fused-ring (bicyclic) bond motifs is 2. The molecule has 0 aromatic heterocycles. The number of rotatable bonds is 6. The molecule has 2 heterocycles. The Morgan fingerprint density at radius 2 is 1.86 bits per heavy atom. The SMILES string of the molecule is CCCNC(=O)C[C@H]1CC[C@@H]2[C@H](COc3ccc(NC(=O)c4cc(F)cc(F)c4)cc3C(=O)N2C)O1. The summed E-state index contributed by atoms with van der Waals surface area (Å²) in [6, 6.07) is 6.87. The highest BCUT2D eigenvalue weighted by Crippen LogP contribution is 2.32. The van der Waals surface area contributed by atoms with Crippen LogP contribution < -0.4 is 15.4 Å². The molecule has 4 rings (SSSR count). The van der Waals surface area contributed by atoms with Gasteiger partial charge in [0.25, 0.3) is 11.8 Å². The van der Waals surface area contributed by atoms with Crippen LogP contribution in [0.3, 0.4) is 0 Å². The zero-order valence-corrected chi connectivity index (χ0v) is 20.2. The van der Waals surface area contributed by atoms with Crippen LogP contribution in [0.2, 0.25) is 0 Å². The third-order valence-corrected chi connectivity index (χ3v) is 6.38. The molecule has 3 atom stereocenters. The number of nitrogens with zero attached hydrogens (tertiary/aromatic N) is 1. The highest BCUT2D eigenvalue weighted by molar-refractivity contribution is 6.05. The van der Waals surface area contributed by atoms with Crippen LogP contribution >= 0.6 is 0 Å². The number of likely N-dealkylation sites (N-methyl/N-ethyl adjacent to an activating group) is 1. The molecule has 8 nitrogen and oxygen atoms in total. The van der Waals surface area contributed by atoms with Gasteiger partial charge in [0.1, 0.15) is 30.1 Å². The van der Waals surface area contributed by atoms with Crippen molar-refractivity contribution in [3.05, 3.63) is 59.2 Å². The van der Waals surface area contributed by atoms with E-state index in [4.69, 9.17) is 9.47 Å². The van der Waals surface area contributed by atoms with Crippen LogP contribution in [0.4, 0.5) is 14.5 Å². The second kappa shape index (κ2) is 11.0. The van der Waals surface area contributed by atoms with Gasteiger partial charge >= 0.3 is 0 Å².